The topological polar surface area (TPSA) is 67.8 Å². The van der Waals surface area contributed by atoms with Gasteiger partial charge in [-0.05, 0) is 71.5 Å². The van der Waals surface area contributed by atoms with Gasteiger partial charge >= 0.3 is 5.97 Å². The molecule has 0 aliphatic rings. The minimum atomic E-state index is -0.399. The van der Waals surface area contributed by atoms with Gasteiger partial charge in [0, 0.05) is 5.56 Å². The fraction of sp³-hybridized carbons (Fsp3) is 0.192. The molecule has 3 rings (SSSR count). The molecule has 0 aliphatic heterocycles. The van der Waals surface area contributed by atoms with Crippen molar-refractivity contribution < 1.29 is 14.3 Å². The van der Waals surface area contributed by atoms with Gasteiger partial charge in [0.05, 0.1) is 11.8 Å². The lowest BCUT2D eigenvalue weighted by Gasteiger charge is -2.18. The second kappa shape index (κ2) is 9.39. The standard InChI is InChI=1S/C26H26N2O3/c1-18-7-5-6-8-23(18)25(30)31-22-15-9-19(10-16-22)17-27-28-24(29)20-11-13-21(14-12-20)26(2,3)4/h5-17H,1-4H3,(H,28,29)/b27-17-. The lowest BCUT2D eigenvalue weighted by atomic mass is 9.87. The maximum absolute atomic E-state index is 12.3. The van der Waals surface area contributed by atoms with Crippen LogP contribution in [0.15, 0.2) is 77.9 Å². The van der Waals surface area contributed by atoms with Gasteiger partial charge in [0.2, 0.25) is 0 Å². The van der Waals surface area contributed by atoms with Crippen molar-refractivity contribution in [2.24, 2.45) is 5.10 Å². The minimum absolute atomic E-state index is 0.0353. The highest BCUT2D eigenvalue weighted by Gasteiger charge is 2.14. The molecule has 0 radical (unpaired) electrons. The molecule has 0 atom stereocenters. The molecule has 0 heterocycles. The third-order valence-electron chi connectivity index (χ3n) is 4.85. The number of hydrogen-bond donors (Lipinski definition) is 1. The number of carbonyl (C=O) groups is 2. The molecule has 1 amide bonds. The first-order chi connectivity index (χ1) is 14.7. The van der Waals surface area contributed by atoms with E-state index in [1.807, 2.05) is 31.2 Å². The van der Waals surface area contributed by atoms with Crippen LogP contribution in [0.1, 0.15) is 58.2 Å². The van der Waals surface area contributed by atoms with E-state index in [-0.39, 0.29) is 11.3 Å². The average molecular weight is 415 g/mol. The molecular weight excluding hydrogens is 388 g/mol. The quantitative estimate of drug-likeness (QED) is 0.267. The molecule has 0 saturated carbocycles. The van der Waals surface area contributed by atoms with E-state index in [2.05, 4.69) is 31.3 Å². The fourth-order valence-electron chi connectivity index (χ4n) is 2.94. The van der Waals surface area contributed by atoms with Crippen molar-refractivity contribution in [1.82, 2.24) is 5.43 Å². The third-order valence-corrected chi connectivity index (χ3v) is 4.85. The van der Waals surface area contributed by atoms with E-state index in [0.29, 0.717) is 16.9 Å². The summed E-state index contributed by atoms with van der Waals surface area (Å²) in [5.41, 5.74) is 6.43. The van der Waals surface area contributed by atoms with E-state index in [0.717, 1.165) is 16.7 Å². The summed E-state index contributed by atoms with van der Waals surface area (Å²) < 4.78 is 5.42. The summed E-state index contributed by atoms with van der Waals surface area (Å²) >= 11 is 0. The van der Waals surface area contributed by atoms with Crippen LogP contribution in [0.4, 0.5) is 0 Å². The molecular formula is C26H26N2O3. The van der Waals surface area contributed by atoms with Gasteiger partial charge < -0.3 is 4.74 Å². The van der Waals surface area contributed by atoms with Crippen LogP contribution in [0.2, 0.25) is 0 Å². The second-order valence-electron chi connectivity index (χ2n) is 8.30. The highest BCUT2D eigenvalue weighted by Crippen LogP contribution is 2.22. The fourth-order valence-corrected chi connectivity index (χ4v) is 2.94. The van der Waals surface area contributed by atoms with Crippen molar-refractivity contribution >= 4 is 18.1 Å². The molecule has 0 bridgehead atoms. The van der Waals surface area contributed by atoms with Gasteiger partial charge in [0.25, 0.3) is 5.91 Å². The number of esters is 1. The summed E-state index contributed by atoms with van der Waals surface area (Å²) in [4.78, 5) is 24.5. The zero-order chi connectivity index (χ0) is 22.4. The maximum Gasteiger partial charge on any atom is 0.343 e. The smallest absolute Gasteiger partial charge is 0.343 e. The van der Waals surface area contributed by atoms with Crippen LogP contribution < -0.4 is 10.2 Å². The average Bonchev–Trinajstić information content (AvgIpc) is 2.74. The molecule has 31 heavy (non-hydrogen) atoms. The van der Waals surface area contributed by atoms with E-state index in [1.54, 1.807) is 48.5 Å². The van der Waals surface area contributed by atoms with Crippen LogP contribution in [0, 0.1) is 6.92 Å². The Kier molecular flexibility index (Phi) is 6.65. The van der Waals surface area contributed by atoms with Gasteiger partial charge in [0.1, 0.15) is 5.75 Å². The van der Waals surface area contributed by atoms with E-state index in [9.17, 15) is 9.59 Å². The zero-order valence-electron chi connectivity index (χ0n) is 18.2. The van der Waals surface area contributed by atoms with Crippen LogP contribution >= 0.6 is 0 Å². The summed E-state index contributed by atoms with van der Waals surface area (Å²) in [5.74, 6) is -0.238. The highest BCUT2D eigenvalue weighted by molar-refractivity contribution is 5.95. The predicted molar refractivity (Wildman–Crippen MR) is 123 cm³/mol. The molecule has 0 fully saturated rings. The van der Waals surface area contributed by atoms with Crippen LogP contribution in [0.3, 0.4) is 0 Å². The molecule has 0 aromatic heterocycles. The summed E-state index contributed by atoms with van der Waals surface area (Å²) in [6.45, 7) is 8.24. The van der Waals surface area contributed by atoms with Crippen molar-refractivity contribution in [3.8, 4) is 5.75 Å². The third kappa shape index (κ3) is 5.89. The number of rotatable bonds is 5. The van der Waals surface area contributed by atoms with Crippen LogP contribution in [0.5, 0.6) is 5.75 Å². The normalized spacial score (nSPS) is 11.4. The highest BCUT2D eigenvalue weighted by atomic mass is 16.5. The van der Waals surface area contributed by atoms with Gasteiger partial charge in [-0.3, -0.25) is 4.79 Å². The van der Waals surface area contributed by atoms with Crippen molar-refractivity contribution in [2.75, 3.05) is 0 Å². The molecule has 1 N–H and O–H groups in total. The maximum atomic E-state index is 12.3. The second-order valence-corrected chi connectivity index (χ2v) is 8.30. The number of benzene rings is 3. The summed E-state index contributed by atoms with van der Waals surface area (Å²) in [6, 6.07) is 21.7. The molecule has 0 saturated heterocycles. The van der Waals surface area contributed by atoms with Crippen molar-refractivity contribution in [3.05, 3.63) is 101 Å². The number of carbonyl (C=O) groups excluding carboxylic acids is 2. The number of hydrogen-bond acceptors (Lipinski definition) is 4. The number of aryl methyl sites for hydroxylation is 1. The van der Waals surface area contributed by atoms with Crippen molar-refractivity contribution in [3.63, 3.8) is 0 Å². The van der Waals surface area contributed by atoms with E-state index < -0.39 is 5.97 Å². The molecule has 3 aromatic carbocycles. The van der Waals surface area contributed by atoms with Crippen LogP contribution in [0.25, 0.3) is 0 Å². The Bertz CT molecular complexity index is 1090. The molecule has 0 aliphatic carbocycles. The number of hydrazone groups is 1. The number of nitrogens with zero attached hydrogens (tertiary/aromatic N) is 1. The monoisotopic (exact) mass is 414 g/mol. The van der Waals surface area contributed by atoms with Gasteiger partial charge in [0.15, 0.2) is 0 Å². The summed E-state index contributed by atoms with van der Waals surface area (Å²) in [5, 5.41) is 4.01. The van der Waals surface area contributed by atoms with Gasteiger partial charge in [-0.1, -0.05) is 51.1 Å². The van der Waals surface area contributed by atoms with Crippen molar-refractivity contribution in [1.29, 1.82) is 0 Å². The van der Waals surface area contributed by atoms with E-state index in [1.165, 1.54) is 6.21 Å². The molecule has 5 heteroatoms. The van der Waals surface area contributed by atoms with Gasteiger partial charge in [-0.2, -0.15) is 5.10 Å². The Morgan fingerprint density at radius 1 is 0.903 bits per heavy atom. The van der Waals surface area contributed by atoms with Gasteiger partial charge in [-0.25, -0.2) is 10.2 Å². The first-order valence-electron chi connectivity index (χ1n) is 10.1. The minimum Gasteiger partial charge on any atom is -0.423 e. The SMILES string of the molecule is Cc1ccccc1C(=O)Oc1ccc(/C=N\NC(=O)c2ccc(C(C)(C)C)cc2)cc1. The number of amides is 1. The molecule has 158 valence electrons. The van der Waals surface area contributed by atoms with Crippen LogP contribution in [-0.4, -0.2) is 18.1 Å². The molecule has 0 unspecified atom stereocenters. The van der Waals surface area contributed by atoms with Crippen molar-refractivity contribution in [2.45, 2.75) is 33.1 Å². The Balaban J connectivity index is 1.56. The Morgan fingerprint density at radius 2 is 1.55 bits per heavy atom. The number of ether oxygens (including phenoxy) is 1. The van der Waals surface area contributed by atoms with E-state index in [4.69, 9.17) is 4.74 Å². The molecule has 3 aromatic rings. The summed E-state index contributed by atoms with van der Waals surface area (Å²) in [6.07, 6.45) is 1.54. The Morgan fingerprint density at radius 3 is 2.16 bits per heavy atom. The van der Waals surface area contributed by atoms with Gasteiger partial charge in [-0.15, -0.1) is 0 Å². The predicted octanol–water partition coefficient (Wildman–Crippen LogP) is 5.28. The molecule has 0 spiro atoms. The molecule has 5 nitrogen and oxygen atoms in total. The first-order valence-corrected chi connectivity index (χ1v) is 10.1. The lowest BCUT2D eigenvalue weighted by molar-refractivity contribution is 0.0733. The lowest BCUT2D eigenvalue weighted by Crippen LogP contribution is -2.18. The number of nitrogens with one attached hydrogen (secondary N) is 1. The van der Waals surface area contributed by atoms with E-state index >= 15 is 0 Å². The largest absolute Gasteiger partial charge is 0.423 e. The zero-order valence-corrected chi connectivity index (χ0v) is 18.2. The summed E-state index contributed by atoms with van der Waals surface area (Å²) in [7, 11) is 0. The first kappa shape index (κ1) is 22.0. The van der Waals surface area contributed by atoms with Crippen LogP contribution in [-0.2, 0) is 5.41 Å². The Labute approximate surface area is 182 Å². The Hall–Kier alpha value is -3.73.